The zero-order valence-corrected chi connectivity index (χ0v) is 22.4. The van der Waals surface area contributed by atoms with Gasteiger partial charge in [-0.3, -0.25) is 9.59 Å². The lowest BCUT2D eigenvalue weighted by Crippen LogP contribution is -2.20. The van der Waals surface area contributed by atoms with Crippen molar-refractivity contribution in [3.63, 3.8) is 0 Å². The number of ether oxygens (including phenoxy) is 1. The molecule has 0 spiro atoms. The van der Waals surface area contributed by atoms with Crippen molar-refractivity contribution >= 4 is 92.6 Å². The van der Waals surface area contributed by atoms with E-state index >= 15 is 0 Å². The number of rotatable bonds is 6. The Balaban J connectivity index is 1.42. The Hall–Kier alpha value is -2.68. The number of halogens is 4. The van der Waals surface area contributed by atoms with Crippen molar-refractivity contribution in [3.8, 4) is 5.75 Å². The van der Waals surface area contributed by atoms with Crippen LogP contribution in [0.3, 0.4) is 0 Å². The van der Waals surface area contributed by atoms with Crippen LogP contribution in [-0.2, 0) is 9.59 Å². The van der Waals surface area contributed by atoms with Crippen LogP contribution < -0.4 is 15.4 Å². The van der Waals surface area contributed by atoms with E-state index in [4.69, 9.17) is 51.1 Å². The first-order valence-electron chi connectivity index (χ1n) is 10.4. The first-order valence-corrected chi connectivity index (χ1v) is 12.7. The number of amides is 2. The lowest BCUT2D eigenvalue weighted by molar-refractivity contribution is -0.118. The average molecular weight is 581 g/mol. The van der Waals surface area contributed by atoms with Gasteiger partial charge < -0.3 is 15.4 Å². The maximum Gasteiger partial charge on any atom is 0.264 e. The van der Waals surface area contributed by atoms with Crippen LogP contribution >= 0.6 is 58.2 Å². The van der Waals surface area contributed by atoms with Gasteiger partial charge in [-0.25, -0.2) is 4.99 Å². The van der Waals surface area contributed by atoms with Gasteiger partial charge in [0, 0.05) is 5.69 Å². The van der Waals surface area contributed by atoms with Crippen molar-refractivity contribution in [3.05, 3.63) is 90.7 Å². The van der Waals surface area contributed by atoms with E-state index in [0.717, 1.165) is 11.3 Å². The van der Waals surface area contributed by atoms with Gasteiger partial charge in [0.05, 0.1) is 30.7 Å². The Morgan fingerprint density at radius 2 is 1.69 bits per heavy atom. The maximum absolute atomic E-state index is 12.4. The van der Waals surface area contributed by atoms with Crippen molar-refractivity contribution in [2.24, 2.45) is 4.99 Å². The number of benzene rings is 3. The Morgan fingerprint density at radius 3 is 2.36 bits per heavy atom. The van der Waals surface area contributed by atoms with E-state index in [-0.39, 0.29) is 28.3 Å². The Labute approximate surface area is 231 Å². The summed E-state index contributed by atoms with van der Waals surface area (Å²) < 4.78 is 5.53. The summed E-state index contributed by atoms with van der Waals surface area (Å²) in [6.07, 6.45) is 1.65. The normalized spacial score (nSPS) is 15.3. The molecule has 36 heavy (non-hydrogen) atoms. The molecule has 1 fully saturated rings. The summed E-state index contributed by atoms with van der Waals surface area (Å²) in [4.78, 5) is 29.5. The van der Waals surface area contributed by atoms with Gasteiger partial charge in [0.25, 0.3) is 11.8 Å². The standard InChI is InChI=1S/C25H17Cl4N3O3S/c1-13-2-4-15(5-3-13)31-25-32-24(34)21(36-25)10-14-8-19(28)23(20(29)9-14)35-12-22(33)30-16-6-7-17(26)18(27)11-16/h2-11H,12H2,1H3,(H,30,33)(H,31,32,34)/b21-10+. The lowest BCUT2D eigenvalue weighted by atomic mass is 10.2. The number of nitrogens with zero attached hydrogens (tertiary/aromatic N) is 1. The van der Waals surface area contributed by atoms with Crippen LogP contribution in [0, 0.1) is 6.92 Å². The minimum Gasteiger partial charge on any atom is -0.481 e. The van der Waals surface area contributed by atoms with E-state index in [1.807, 2.05) is 31.2 Å². The molecule has 184 valence electrons. The number of amidine groups is 1. The average Bonchev–Trinajstić information content (AvgIpc) is 3.15. The summed E-state index contributed by atoms with van der Waals surface area (Å²) in [6.45, 7) is 1.65. The van der Waals surface area contributed by atoms with Crippen LogP contribution in [0.2, 0.25) is 20.1 Å². The Bertz CT molecular complexity index is 1390. The molecular formula is C25H17Cl4N3O3S. The first-order chi connectivity index (χ1) is 17.2. The van der Waals surface area contributed by atoms with Crippen LogP contribution in [0.1, 0.15) is 11.1 Å². The molecule has 1 aliphatic rings. The second kappa shape index (κ2) is 11.6. The molecule has 0 radical (unpaired) electrons. The van der Waals surface area contributed by atoms with E-state index in [2.05, 4.69) is 15.6 Å². The lowest BCUT2D eigenvalue weighted by Gasteiger charge is -2.11. The highest BCUT2D eigenvalue weighted by Crippen LogP contribution is 2.36. The minimum absolute atomic E-state index is 0.148. The van der Waals surface area contributed by atoms with Gasteiger partial charge in [0.1, 0.15) is 0 Å². The molecule has 2 amide bonds. The largest absolute Gasteiger partial charge is 0.481 e. The van der Waals surface area contributed by atoms with Crippen molar-refractivity contribution < 1.29 is 14.3 Å². The quantitative estimate of drug-likeness (QED) is 0.295. The number of aliphatic imine (C=N–C) groups is 1. The molecule has 4 rings (SSSR count). The molecular weight excluding hydrogens is 564 g/mol. The number of hydrogen-bond donors (Lipinski definition) is 2. The molecule has 0 bridgehead atoms. The van der Waals surface area contributed by atoms with Crippen LogP contribution in [0.15, 0.2) is 64.5 Å². The molecule has 0 aromatic heterocycles. The summed E-state index contributed by atoms with van der Waals surface area (Å²) in [5.41, 5.74) is 2.91. The number of anilines is 1. The maximum atomic E-state index is 12.4. The zero-order valence-electron chi connectivity index (χ0n) is 18.6. The molecule has 0 unspecified atom stereocenters. The third-order valence-electron chi connectivity index (χ3n) is 4.78. The van der Waals surface area contributed by atoms with E-state index in [0.29, 0.717) is 31.4 Å². The number of carbonyl (C=O) groups excluding carboxylic acids is 2. The highest BCUT2D eigenvalue weighted by Gasteiger charge is 2.24. The highest BCUT2D eigenvalue weighted by atomic mass is 35.5. The summed E-state index contributed by atoms with van der Waals surface area (Å²) in [5.74, 6) is -0.571. The van der Waals surface area contributed by atoms with Gasteiger partial charge in [0.2, 0.25) is 0 Å². The molecule has 0 saturated carbocycles. The van der Waals surface area contributed by atoms with Crippen LogP contribution in [0.4, 0.5) is 11.4 Å². The molecule has 2 N–H and O–H groups in total. The molecule has 1 aliphatic heterocycles. The summed E-state index contributed by atoms with van der Waals surface area (Å²) in [6, 6.07) is 15.5. The van der Waals surface area contributed by atoms with Gasteiger partial charge in [-0.2, -0.15) is 0 Å². The fourth-order valence-corrected chi connectivity index (χ4v) is 4.83. The zero-order chi connectivity index (χ0) is 25.8. The molecule has 1 saturated heterocycles. The Morgan fingerprint density at radius 1 is 1.00 bits per heavy atom. The number of carbonyl (C=O) groups is 2. The summed E-state index contributed by atoms with van der Waals surface area (Å²) >= 11 is 25.8. The van der Waals surface area contributed by atoms with Crippen molar-refractivity contribution in [1.29, 1.82) is 0 Å². The molecule has 1 heterocycles. The summed E-state index contributed by atoms with van der Waals surface area (Å²) in [7, 11) is 0. The molecule has 11 heteroatoms. The second-order valence-corrected chi connectivity index (χ2v) is 10.3. The van der Waals surface area contributed by atoms with Crippen molar-refractivity contribution in [2.45, 2.75) is 6.92 Å². The highest BCUT2D eigenvalue weighted by molar-refractivity contribution is 8.18. The van der Waals surface area contributed by atoms with Gasteiger partial charge >= 0.3 is 0 Å². The molecule has 6 nitrogen and oxygen atoms in total. The molecule has 0 aliphatic carbocycles. The number of aryl methyl sites for hydroxylation is 1. The molecule has 0 atom stereocenters. The van der Waals surface area contributed by atoms with Crippen LogP contribution in [0.5, 0.6) is 5.75 Å². The van der Waals surface area contributed by atoms with Crippen molar-refractivity contribution in [1.82, 2.24) is 5.32 Å². The van der Waals surface area contributed by atoms with Crippen LogP contribution in [-0.4, -0.2) is 23.6 Å². The monoisotopic (exact) mass is 579 g/mol. The number of hydrogen-bond acceptors (Lipinski definition) is 5. The summed E-state index contributed by atoms with van der Waals surface area (Å²) in [5, 5.41) is 6.93. The fourth-order valence-electron chi connectivity index (χ4n) is 3.08. The van der Waals surface area contributed by atoms with Gasteiger partial charge in [0.15, 0.2) is 17.5 Å². The SMILES string of the molecule is Cc1ccc(N=C2NC(=O)/C(=C\c3cc(Cl)c(OCC(=O)Nc4ccc(Cl)c(Cl)c4)c(Cl)c3)S2)cc1. The number of nitrogens with one attached hydrogen (secondary N) is 2. The molecule has 3 aromatic carbocycles. The topological polar surface area (TPSA) is 79.8 Å². The minimum atomic E-state index is -0.439. The van der Waals surface area contributed by atoms with Gasteiger partial charge in [-0.1, -0.05) is 64.1 Å². The second-order valence-electron chi connectivity index (χ2n) is 7.60. The van der Waals surface area contributed by atoms with E-state index in [1.165, 1.54) is 17.8 Å². The molecule has 3 aromatic rings. The Kier molecular flexibility index (Phi) is 8.49. The van der Waals surface area contributed by atoms with Crippen LogP contribution in [0.25, 0.3) is 6.08 Å². The predicted octanol–water partition coefficient (Wildman–Crippen LogP) is 7.52. The number of thioether (sulfide) groups is 1. The van der Waals surface area contributed by atoms with E-state index in [9.17, 15) is 9.59 Å². The smallest absolute Gasteiger partial charge is 0.264 e. The van der Waals surface area contributed by atoms with Crippen molar-refractivity contribution in [2.75, 3.05) is 11.9 Å². The first kappa shape index (κ1) is 26.4. The predicted molar refractivity (Wildman–Crippen MR) is 149 cm³/mol. The third-order valence-corrected chi connectivity index (χ3v) is 7.00. The van der Waals surface area contributed by atoms with Gasteiger partial charge in [-0.15, -0.1) is 0 Å². The third kappa shape index (κ3) is 6.75. The van der Waals surface area contributed by atoms with E-state index in [1.54, 1.807) is 30.3 Å². The fraction of sp³-hybridized carbons (Fsp3) is 0.0800. The van der Waals surface area contributed by atoms with Gasteiger partial charge in [-0.05, 0) is 72.8 Å². The van der Waals surface area contributed by atoms with E-state index < -0.39 is 5.91 Å².